The molecule has 1 aliphatic heterocycles. The molecule has 1 fully saturated rings. The molecule has 1 heterocycles. The smallest absolute Gasteiger partial charge is 0.247 e. The first kappa shape index (κ1) is 24.7. The maximum atomic E-state index is 13.6. The van der Waals surface area contributed by atoms with Crippen molar-refractivity contribution >= 4 is 15.6 Å². The summed E-state index contributed by atoms with van der Waals surface area (Å²) < 4.78 is 35.3. The van der Waals surface area contributed by atoms with Crippen LogP contribution in [0.3, 0.4) is 0 Å². The molecule has 0 spiro atoms. The van der Waals surface area contributed by atoms with Crippen molar-refractivity contribution in [3.63, 3.8) is 0 Å². The van der Waals surface area contributed by atoms with Gasteiger partial charge in [-0.15, -0.1) is 0 Å². The summed E-state index contributed by atoms with van der Waals surface area (Å²) in [4.78, 5) is 2.57. The van der Waals surface area contributed by atoms with Crippen molar-refractivity contribution in [1.29, 1.82) is 0 Å². The van der Waals surface area contributed by atoms with Gasteiger partial charge >= 0.3 is 0 Å². The number of benzene rings is 1. The van der Waals surface area contributed by atoms with Gasteiger partial charge in [-0.3, -0.25) is 0 Å². The summed E-state index contributed by atoms with van der Waals surface area (Å²) >= 11 is 0. The van der Waals surface area contributed by atoms with Gasteiger partial charge in [-0.1, -0.05) is 31.9 Å². The number of hydrogen-bond donors (Lipinski definition) is 1. The van der Waals surface area contributed by atoms with E-state index in [1.807, 2.05) is 12.1 Å². The summed E-state index contributed by atoms with van der Waals surface area (Å²) in [7, 11) is -1.63. The Kier molecular flexibility index (Phi) is 7.83. The Balaban J connectivity index is 1.67. The molecule has 2 aliphatic carbocycles. The molecule has 6 nitrogen and oxygen atoms in total. The fraction of sp³-hybridized carbons (Fsp3) is 0.692. The molecule has 184 valence electrons. The van der Waals surface area contributed by atoms with E-state index in [1.165, 1.54) is 35.6 Å². The highest BCUT2D eigenvalue weighted by Crippen LogP contribution is 2.37. The predicted molar refractivity (Wildman–Crippen MR) is 132 cm³/mol. The standard InChI is InChI=1S/C26H40N2O4S/c1-19-15-28(20(2)18-29)33(30,31)26-13-12-23(22-10-6-7-11-22)14-24(26)32-25(19)17-27(3)16-21-8-4-5-9-21/h10,12-14,19-21,25,29H,4-9,11,15-18H2,1-3H3/t19-,20+,25+/m0/s1. The second kappa shape index (κ2) is 10.5. The van der Waals surface area contributed by atoms with E-state index >= 15 is 0 Å². The second-order valence-electron chi connectivity index (χ2n) is 10.4. The summed E-state index contributed by atoms with van der Waals surface area (Å²) in [6.07, 6.45) is 10.6. The number of aliphatic hydroxyl groups excluding tert-OH is 1. The minimum absolute atomic E-state index is 0.0118. The Hall–Kier alpha value is -1.41. The van der Waals surface area contributed by atoms with Crippen LogP contribution in [0.4, 0.5) is 0 Å². The zero-order chi connectivity index (χ0) is 23.6. The molecule has 3 atom stereocenters. The Labute approximate surface area is 199 Å². The van der Waals surface area contributed by atoms with Crippen LogP contribution in [0.5, 0.6) is 5.75 Å². The van der Waals surface area contributed by atoms with Gasteiger partial charge in [0.2, 0.25) is 10.0 Å². The molecule has 0 radical (unpaired) electrons. The molecule has 0 unspecified atom stereocenters. The SMILES string of the molecule is C[C@H](CO)N1C[C@H](C)[C@@H](CN(C)CC2CCCC2)Oc2cc(C3=CCCC3)ccc2S1(=O)=O. The van der Waals surface area contributed by atoms with Gasteiger partial charge in [0.15, 0.2) is 0 Å². The van der Waals surface area contributed by atoms with Gasteiger partial charge in [0.25, 0.3) is 0 Å². The third kappa shape index (κ3) is 5.47. The Morgan fingerprint density at radius 1 is 1.21 bits per heavy atom. The molecule has 4 rings (SSSR count). The minimum Gasteiger partial charge on any atom is -0.487 e. The van der Waals surface area contributed by atoms with E-state index < -0.39 is 16.1 Å². The molecule has 0 aromatic heterocycles. The lowest BCUT2D eigenvalue weighted by atomic mass is 10.0. The quantitative estimate of drug-likeness (QED) is 0.640. The Morgan fingerprint density at radius 3 is 2.64 bits per heavy atom. The van der Waals surface area contributed by atoms with Crippen LogP contribution in [0.2, 0.25) is 0 Å². The fourth-order valence-electron chi connectivity index (χ4n) is 5.59. The number of nitrogens with zero attached hydrogens (tertiary/aromatic N) is 2. The van der Waals surface area contributed by atoms with Crippen molar-refractivity contribution in [2.45, 2.75) is 75.8 Å². The summed E-state index contributed by atoms with van der Waals surface area (Å²) in [6.45, 7) is 5.77. The van der Waals surface area contributed by atoms with Crippen LogP contribution in [0.1, 0.15) is 64.4 Å². The summed E-state index contributed by atoms with van der Waals surface area (Å²) in [5.41, 5.74) is 2.32. The van der Waals surface area contributed by atoms with Gasteiger partial charge in [0.05, 0.1) is 6.61 Å². The number of fused-ring (bicyclic) bond motifs is 1. The molecule has 1 aromatic rings. The summed E-state index contributed by atoms with van der Waals surface area (Å²) in [5, 5.41) is 9.82. The second-order valence-corrected chi connectivity index (χ2v) is 12.3. The molecule has 0 amide bonds. The van der Waals surface area contributed by atoms with Gasteiger partial charge in [-0.25, -0.2) is 8.42 Å². The number of likely N-dealkylation sites (N-methyl/N-ethyl adjacent to an activating group) is 1. The third-order valence-corrected chi connectivity index (χ3v) is 9.63. The van der Waals surface area contributed by atoms with Crippen LogP contribution in [-0.2, 0) is 10.0 Å². The Morgan fingerprint density at radius 2 is 1.97 bits per heavy atom. The van der Waals surface area contributed by atoms with Crippen LogP contribution in [0.15, 0.2) is 29.2 Å². The molecule has 7 heteroatoms. The minimum atomic E-state index is -3.78. The average Bonchev–Trinajstić information content (AvgIpc) is 3.50. The van der Waals surface area contributed by atoms with E-state index in [2.05, 4.69) is 24.9 Å². The van der Waals surface area contributed by atoms with Crippen LogP contribution < -0.4 is 4.74 Å². The third-order valence-electron chi connectivity index (χ3n) is 7.62. The Bertz CT molecular complexity index is 955. The summed E-state index contributed by atoms with van der Waals surface area (Å²) in [5.74, 6) is 1.18. The van der Waals surface area contributed by atoms with E-state index in [0.717, 1.165) is 43.8 Å². The number of aliphatic hydroxyl groups is 1. The topological polar surface area (TPSA) is 70.1 Å². The van der Waals surface area contributed by atoms with Gasteiger partial charge < -0.3 is 14.7 Å². The molecule has 33 heavy (non-hydrogen) atoms. The first-order valence-electron chi connectivity index (χ1n) is 12.6. The van der Waals surface area contributed by atoms with Gasteiger partial charge in [-0.05, 0) is 75.3 Å². The highest BCUT2D eigenvalue weighted by Gasteiger charge is 2.38. The van der Waals surface area contributed by atoms with E-state index in [1.54, 1.807) is 13.0 Å². The maximum Gasteiger partial charge on any atom is 0.247 e. The maximum absolute atomic E-state index is 13.6. The van der Waals surface area contributed by atoms with Crippen molar-refractivity contribution in [2.75, 3.05) is 33.3 Å². The number of hydrogen-bond acceptors (Lipinski definition) is 5. The fourth-order valence-corrected chi connectivity index (χ4v) is 7.42. The van der Waals surface area contributed by atoms with Crippen LogP contribution in [-0.4, -0.2) is 68.2 Å². The van der Waals surface area contributed by atoms with E-state index in [4.69, 9.17) is 4.74 Å². The lowest BCUT2D eigenvalue weighted by molar-refractivity contribution is 0.0712. The normalized spacial score (nSPS) is 27.0. The zero-order valence-electron chi connectivity index (χ0n) is 20.4. The molecular formula is C26H40N2O4S. The van der Waals surface area contributed by atoms with Gasteiger partial charge in [-0.2, -0.15) is 4.31 Å². The average molecular weight is 477 g/mol. The first-order chi connectivity index (χ1) is 15.8. The number of allylic oxidation sites excluding steroid dienone is 2. The monoisotopic (exact) mass is 476 g/mol. The molecule has 1 aromatic carbocycles. The van der Waals surface area contributed by atoms with Crippen molar-refractivity contribution in [1.82, 2.24) is 9.21 Å². The molecule has 3 aliphatic rings. The number of sulfonamides is 1. The van der Waals surface area contributed by atoms with Crippen molar-refractivity contribution in [3.8, 4) is 5.75 Å². The van der Waals surface area contributed by atoms with E-state index in [0.29, 0.717) is 12.3 Å². The van der Waals surface area contributed by atoms with Crippen molar-refractivity contribution in [3.05, 3.63) is 29.8 Å². The lowest BCUT2D eigenvalue weighted by Crippen LogP contribution is -2.49. The van der Waals surface area contributed by atoms with Crippen molar-refractivity contribution in [2.24, 2.45) is 11.8 Å². The van der Waals surface area contributed by atoms with Crippen LogP contribution in [0, 0.1) is 11.8 Å². The summed E-state index contributed by atoms with van der Waals surface area (Å²) in [6, 6.07) is 5.04. The molecule has 1 saturated carbocycles. The zero-order valence-corrected chi connectivity index (χ0v) is 21.2. The number of rotatable bonds is 7. The number of ether oxygens (including phenoxy) is 1. The molecule has 0 saturated heterocycles. The highest BCUT2D eigenvalue weighted by molar-refractivity contribution is 7.89. The van der Waals surface area contributed by atoms with Gasteiger partial charge in [0, 0.05) is 31.6 Å². The van der Waals surface area contributed by atoms with Crippen molar-refractivity contribution < 1.29 is 18.3 Å². The van der Waals surface area contributed by atoms with E-state index in [9.17, 15) is 13.5 Å². The molecule has 1 N–H and O–H groups in total. The largest absolute Gasteiger partial charge is 0.487 e. The highest BCUT2D eigenvalue weighted by atomic mass is 32.2. The predicted octanol–water partition coefficient (Wildman–Crippen LogP) is 4.14. The van der Waals surface area contributed by atoms with Gasteiger partial charge in [0.1, 0.15) is 16.7 Å². The van der Waals surface area contributed by atoms with E-state index in [-0.39, 0.29) is 23.5 Å². The van der Waals surface area contributed by atoms with Crippen LogP contribution >= 0.6 is 0 Å². The van der Waals surface area contributed by atoms with Crippen LogP contribution in [0.25, 0.3) is 5.57 Å². The first-order valence-corrected chi connectivity index (χ1v) is 14.0. The lowest BCUT2D eigenvalue weighted by Gasteiger charge is -2.38. The molecular weight excluding hydrogens is 436 g/mol. The molecule has 0 bridgehead atoms.